The zero-order chi connectivity index (χ0) is 51.8. The van der Waals surface area contributed by atoms with Crippen LogP contribution in [0.1, 0.15) is 111 Å². The second-order valence-electron chi connectivity index (χ2n) is 15.4. The first kappa shape index (κ1) is 64.8. The number of aldehydes is 1. The Hall–Kier alpha value is -4.15. The number of nitrogens with one attached hydrogen (secondary N) is 1. The third-order valence-corrected chi connectivity index (χ3v) is 14.0. The highest BCUT2D eigenvalue weighted by atomic mass is 31.2. The second-order valence-corrected chi connectivity index (χ2v) is 19.8. The molecule has 2 aromatic carbocycles. The fourth-order valence-electron chi connectivity index (χ4n) is 6.30. The monoisotopic (exact) mass is 1020 g/mol. The molecule has 2 amide bonds. The summed E-state index contributed by atoms with van der Waals surface area (Å²) in [7, 11) is -3.82. The van der Waals surface area contributed by atoms with Crippen molar-refractivity contribution in [2.45, 2.75) is 119 Å². The molecule has 0 unspecified atom stereocenters. The number of carbonyl (C=O) groups is 5. The number of hydrogen-bond donors (Lipinski definition) is 1. The minimum Gasteiger partial charge on any atom is -0.469 e. The Morgan fingerprint density at radius 3 is 1.33 bits per heavy atom. The summed E-state index contributed by atoms with van der Waals surface area (Å²) in [6.45, 7) is 15.9. The Balaban J connectivity index is 0.00000125. The SMILES string of the molecule is CCC=O.CCCN[C@H](CCCCN(CCP(=O)(OCC)OCC)C(=O)OCc1ccccc1)C(=O)OC.CCOP(=O)(CCN(CCCC[C@@H](C)C(=O)OC)C(=O)OCc1ccccc1)OCC. The molecule has 0 aliphatic carbocycles. The maximum absolute atomic E-state index is 12.9. The van der Waals surface area contributed by atoms with E-state index >= 15 is 0 Å². The highest BCUT2D eigenvalue weighted by Gasteiger charge is 2.28. The average molecular weight is 1020 g/mol. The van der Waals surface area contributed by atoms with Gasteiger partial charge in [-0.2, -0.15) is 0 Å². The lowest BCUT2D eigenvalue weighted by molar-refractivity contribution is -0.145. The van der Waals surface area contributed by atoms with E-state index in [0.717, 1.165) is 36.8 Å². The van der Waals surface area contributed by atoms with Gasteiger partial charge in [-0.15, -0.1) is 0 Å². The zero-order valence-corrected chi connectivity index (χ0v) is 44.6. The Kier molecular flexibility index (Phi) is 38.1. The molecular formula is C49H83N3O15P2. The summed E-state index contributed by atoms with van der Waals surface area (Å²) in [5.74, 6) is -0.727. The average Bonchev–Trinajstić information content (AvgIpc) is 3.35. The largest absolute Gasteiger partial charge is 0.469 e. The van der Waals surface area contributed by atoms with Crippen molar-refractivity contribution in [1.29, 1.82) is 0 Å². The van der Waals surface area contributed by atoms with Crippen molar-refractivity contribution in [3.8, 4) is 0 Å². The van der Waals surface area contributed by atoms with Crippen LogP contribution in [0.2, 0.25) is 0 Å². The quantitative estimate of drug-likeness (QED) is 0.0227. The van der Waals surface area contributed by atoms with Gasteiger partial charge in [0.1, 0.15) is 25.5 Å². The number of amides is 2. The van der Waals surface area contributed by atoms with Crippen LogP contribution >= 0.6 is 15.2 Å². The summed E-state index contributed by atoms with van der Waals surface area (Å²) in [5, 5.41) is 3.19. The minimum atomic E-state index is -3.30. The molecule has 20 heteroatoms. The number of rotatable bonds is 34. The Morgan fingerprint density at radius 1 is 0.594 bits per heavy atom. The van der Waals surface area contributed by atoms with Crippen LogP contribution in [0.25, 0.3) is 0 Å². The van der Waals surface area contributed by atoms with Crippen LogP contribution in [-0.4, -0.2) is 132 Å². The molecule has 1 N–H and O–H groups in total. The number of hydrogen-bond acceptors (Lipinski definition) is 16. The molecule has 0 bridgehead atoms. The van der Waals surface area contributed by atoms with Crippen molar-refractivity contribution in [3.05, 3.63) is 71.8 Å². The molecule has 0 radical (unpaired) electrons. The van der Waals surface area contributed by atoms with Gasteiger partial charge in [0.2, 0.25) is 0 Å². The van der Waals surface area contributed by atoms with E-state index in [-0.39, 0.29) is 89.0 Å². The van der Waals surface area contributed by atoms with E-state index in [0.29, 0.717) is 51.6 Å². The molecule has 0 aromatic heterocycles. The molecule has 2 aromatic rings. The summed E-state index contributed by atoms with van der Waals surface area (Å²) < 4.78 is 67.6. The fourth-order valence-corrected chi connectivity index (χ4v) is 9.52. The van der Waals surface area contributed by atoms with E-state index in [1.54, 1.807) is 27.7 Å². The van der Waals surface area contributed by atoms with Gasteiger partial charge in [0, 0.05) is 32.6 Å². The number of ether oxygens (including phenoxy) is 4. The van der Waals surface area contributed by atoms with Crippen molar-refractivity contribution in [3.63, 3.8) is 0 Å². The molecule has 0 saturated heterocycles. The minimum absolute atomic E-state index is 0.0813. The Bertz CT molecular complexity index is 1740. The van der Waals surface area contributed by atoms with Gasteiger partial charge < -0.3 is 57.0 Å². The molecule has 0 fully saturated rings. The number of benzene rings is 2. The van der Waals surface area contributed by atoms with E-state index in [4.69, 9.17) is 37.0 Å². The van der Waals surface area contributed by atoms with Gasteiger partial charge in [-0.3, -0.25) is 18.7 Å². The summed E-state index contributed by atoms with van der Waals surface area (Å²) >= 11 is 0. The van der Waals surface area contributed by atoms with E-state index in [1.807, 2.05) is 81.4 Å². The summed E-state index contributed by atoms with van der Waals surface area (Å²) in [6.07, 6.45) is 5.65. The Morgan fingerprint density at radius 2 is 0.986 bits per heavy atom. The van der Waals surface area contributed by atoms with Gasteiger partial charge in [0.15, 0.2) is 0 Å². The lowest BCUT2D eigenvalue weighted by atomic mass is 10.0. The zero-order valence-electron chi connectivity index (χ0n) is 42.8. The van der Waals surface area contributed by atoms with Gasteiger partial charge in [-0.25, -0.2) is 9.59 Å². The number of unbranched alkanes of at least 4 members (excludes halogenated alkanes) is 2. The second kappa shape index (κ2) is 40.6. The number of carbonyl (C=O) groups excluding carboxylic acids is 5. The van der Waals surface area contributed by atoms with Gasteiger partial charge in [-0.05, 0) is 83.9 Å². The molecule has 2 atom stereocenters. The standard InChI is InChI=1S/C24H41N2O7P.C22H36NO7P.C3H6O/c1-5-16-25-22(23(27)30-4)15-11-12-17-26(18-19-34(29,32-6-2)33-7-3)24(28)31-20-21-13-9-8-10-14-21;1-5-29-31(26,30-6-2)17-16-23(15-11-10-12-19(3)21(24)27-4)22(25)28-18-20-13-8-7-9-14-20;1-2-3-4/h8-10,13-14,22,25H,5-7,11-12,15-20H2,1-4H3;7-9,13-14,19H,5-6,10-12,15-18H2,1-4H3;3H,2H2,1H3/t22-;19-;/m11./s1. The van der Waals surface area contributed by atoms with Crippen LogP contribution in [0.3, 0.4) is 0 Å². The van der Waals surface area contributed by atoms with Gasteiger partial charge >= 0.3 is 39.3 Å². The molecule has 2 rings (SSSR count). The number of nitrogens with zero attached hydrogens (tertiary/aromatic N) is 2. The smallest absolute Gasteiger partial charge is 0.410 e. The van der Waals surface area contributed by atoms with Crippen molar-refractivity contribution >= 4 is 45.6 Å². The van der Waals surface area contributed by atoms with Crippen molar-refractivity contribution < 1.29 is 70.1 Å². The molecule has 0 aliphatic heterocycles. The lowest BCUT2D eigenvalue weighted by Gasteiger charge is -2.25. The first-order valence-electron chi connectivity index (χ1n) is 24.2. The van der Waals surface area contributed by atoms with E-state index < -0.39 is 27.4 Å². The summed E-state index contributed by atoms with van der Waals surface area (Å²) in [4.78, 5) is 61.3. The topological polar surface area (TPSA) is 212 Å². The predicted molar refractivity (Wildman–Crippen MR) is 267 cm³/mol. The van der Waals surface area contributed by atoms with Gasteiger partial charge in [0.05, 0.1) is 58.9 Å². The molecule has 69 heavy (non-hydrogen) atoms. The Labute approximate surface area is 412 Å². The normalized spacial score (nSPS) is 11.9. The molecule has 0 spiro atoms. The predicted octanol–water partition coefficient (Wildman–Crippen LogP) is 10.1. The number of esters is 2. The molecule has 18 nitrogen and oxygen atoms in total. The van der Waals surface area contributed by atoms with Crippen molar-refractivity contribution in [1.82, 2.24) is 15.1 Å². The first-order valence-corrected chi connectivity index (χ1v) is 27.6. The van der Waals surface area contributed by atoms with Crippen LogP contribution in [0.4, 0.5) is 9.59 Å². The maximum atomic E-state index is 12.9. The van der Waals surface area contributed by atoms with Crippen LogP contribution < -0.4 is 5.32 Å². The third kappa shape index (κ3) is 30.9. The highest BCUT2D eigenvalue weighted by molar-refractivity contribution is 7.54. The maximum Gasteiger partial charge on any atom is 0.410 e. The number of methoxy groups -OCH3 is 2. The molecule has 0 aliphatic rings. The van der Waals surface area contributed by atoms with Crippen LogP contribution in [0.15, 0.2) is 60.7 Å². The van der Waals surface area contributed by atoms with E-state index in [2.05, 4.69) is 5.32 Å². The fraction of sp³-hybridized carbons (Fsp3) is 0.653. The van der Waals surface area contributed by atoms with E-state index in [9.17, 15) is 33.1 Å². The lowest BCUT2D eigenvalue weighted by Crippen LogP contribution is -2.38. The molecular weight excluding hydrogens is 932 g/mol. The third-order valence-electron chi connectivity index (χ3n) is 9.90. The first-order chi connectivity index (χ1) is 33.1. The van der Waals surface area contributed by atoms with Gasteiger partial charge in [0.25, 0.3) is 0 Å². The molecule has 394 valence electrons. The van der Waals surface area contributed by atoms with Crippen LogP contribution in [0.5, 0.6) is 0 Å². The van der Waals surface area contributed by atoms with Crippen molar-refractivity contribution in [2.75, 3.05) is 85.7 Å². The highest BCUT2D eigenvalue weighted by Crippen LogP contribution is 2.48. The molecule has 0 heterocycles. The van der Waals surface area contributed by atoms with Crippen molar-refractivity contribution in [2.24, 2.45) is 5.92 Å². The molecule has 0 saturated carbocycles. The van der Waals surface area contributed by atoms with Crippen LogP contribution in [0, 0.1) is 5.92 Å². The van der Waals surface area contributed by atoms with Gasteiger partial charge in [-0.1, -0.05) is 87.9 Å². The van der Waals surface area contributed by atoms with E-state index in [1.165, 1.54) is 24.0 Å². The summed E-state index contributed by atoms with van der Waals surface area (Å²) in [6, 6.07) is 18.5. The van der Waals surface area contributed by atoms with Crippen LogP contribution in [-0.2, 0) is 73.8 Å². The summed E-state index contributed by atoms with van der Waals surface area (Å²) in [5.41, 5.74) is 1.77.